The van der Waals surface area contributed by atoms with Crippen molar-refractivity contribution in [2.75, 3.05) is 39.3 Å². The van der Waals surface area contributed by atoms with E-state index in [2.05, 4.69) is 17.0 Å². The molecule has 2 saturated heterocycles. The second kappa shape index (κ2) is 8.83. The number of nitrogens with zero attached hydrogens (tertiary/aromatic N) is 3. The van der Waals surface area contributed by atoms with Gasteiger partial charge in [0.1, 0.15) is 10.7 Å². The van der Waals surface area contributed by atoms with Gasteiger partial charge in [-0.2, -0.15) is 4.31 Å². The van der Waals surface area contributed by atoms with E-state index in [0.717, 1.165) is 38.5 Å². The number of carbonyl (C=O) groups excluding carboxylic acids is 1. The fourth-order valence-corrected chi connectivity index (χ4v) is 5.64. The summed E-state index contributed by atoms with van der Waals surface area (Å²) < 4.78 is 41.2. The Morgan fingerprint density at radius 1 is 0.900 bits per heavy atom. The summed E-state index contributed by atoms with van der Waals surface area (Å²) in [6.07, 6.45) is 1.54. The summed E-state index contributed by atoms with van der Waals surface area (Å²) in [5.41, 5.74) is 1.44. The Morgan fingerprint density at radius 2 is 1.57 bits per heavy atom. The molecule has 0 aromatic heterocycles. The standard InChI is InChI=1S/C22H26FN3O3S/c23-20-9-8-19(16-21(20)30(28,29)26-10-4-5-11-26)22(27)25-14-12-24(13-15-25)17-18-6-2-1-3-7-18/h1-3,6-9,16H,4-5,10-15,17H2. The van der Waals surface area contributed by atoms with Gasteiger partial charge in [0.25, 0.3) is 5.91 Å². The molecule has 0 bridgehead atoms. The van der Waals surface area contributed by atoms with Crippen LogP contribution in [0.1, 0.15) is 28.8 Å². The monoisotopic (exact) mass is 431 g/mol. The van der Waals surface area contributed by atoms with Gasteiger partial charge in [-0.3, -0.25) is 9.69 Å². The molecule has 4 rings (SSSR count). The molecule has 8 heteroatoms. The number of sulfonamides is 1. The minimum absolute atomic E-state index is 0.214. The Kier molecular flexibility index (Phi) is 6.17. The van der Waals surface area contributed by atoms with E-state index in [1.807, 2.05) is 18.2 Å². The van der Waals surface area contributed by atoms with E-state index in [-0.39, 0.29) is 11.5 Å². The predicted molar refractivity (Wildman–Crippen MR) is 112 cm³/mol. The molecule has 2 aromatic rings. The number of benzene rings is 2. The van der Waals surface area contributed by atoms with Crippen molar-refractivity contribution in [2.45, 2.75) is 24.3 Å². The van der Waals surface area contributed by atoms with Gasteiger partial charge in [0.05, 0.1) is 0 Å². The molecule has 6 nitrogen and oxygen atoms in total. The molecule has 2 fully saturated rings. The van der Waals surface area contributed by atoms with Crippen LogP contribution in [0.5, 0.6) is 0 Å². The molecule has 0 atom stereocenters. The van der Waals surface area contributed by atoms with Crippen LogP contribution in [0.4, 0.5) is 4.39 Å². The zero-order valence-corrected chi connectivity index (χ0v) is 17.7. The summed E-state index contributed by atoms with van der Waals surface area (Å²) in [4.78, 5) is 16.5. The third kappa shape index (κ3) is 4.40. The first-order valence-electron chi connectivity index (χ1n) is 10.3. The summed E-state index contributed by atoms with van der Waals surface area (Å²) in [5.74, 6) is -1.07. The van der Waals surface area contributed by atoms with Crippen LogP contribution in [-0.4, -0.2) is 67.7 Å². The SMILES string of the molecule is O=C(c1ccc(F)c(S(=O)(=O)N2CCCC2)c1)N1CCN(Cc2ccccc2)CC1. The topological polar surface area (TPSA) is 60.9 Å². The van der Waals surface area contributed by atoms with Crippen LogP contribution < -0.4 is 0 Å². The summed E-state index contributed by atoms with van der Waals surface area (Å²) in [7, 11) is -3.92. The second-order valence-electron chi connectivity index (χ2n) is 7.81. The lowest BCUT2D eigenvalue weighted by atomic mass is 10.1. The van der Waals surface area contributed by atoms with Gasteiger partial charge >= 0.3 is 0 Å². The van der Waals surface area contributed by atoms with Gasteiger partial charge in [-0.05, 0) is 36.6 Å². The number of carbonyl (C=O) groups is 1. The average Bonchev–Trinajstić information content (AvgIpc) is 3.31. The van der Waals surface area contributed by atoms with Crippen molar-refractivity contribution in [3.8, 4) is 0 Å². The molecule has 2 heterocycles. The normalized spacial score (nSPS) is 18.6. The number of hydrogen-bond donors (Lipinski definition) is 0. The van der Waals surface area contributed by atoms with Crippen LogP contribution in [0, 0.1) is 5.82 Å². The Morgan fingerprint density at radius 3 is 2.23 bits per heavy atom. The lowest BCUT2D eigenvalue weighted by Gasteiger charge is -2.34. The third-order valence-electron chi connectivity index (χ3n) is 5.77. The van der Waals surface area contributed by atoms with E-state index in [1.54, 1.807) is 4.90 Å². The Balaban J connectivity index is 1.44. The van der Waals surface area contributed by atoms with E-state index < -0.39 is 20.7 Å². The molecule has 0 saturated carbocycles. The molecule has 2 aromatic carbocycles. The van der Waals surface area contributed by atoms with Crippen molar-refractivity contribution in [1.82, 2.24) is 14.1 Å². The van der Waals surface area contributed by atoms with E-state index in [9.17, 15) is 17.6 Å². The highest BCUT2D eigenvalue weighted by molar-refractivity contribution is 7.89. The fraction of sp³-hybridized carbons (Fsp3) is 0.409. The molecule has 0 unspecified atom stereocenters. The van der Waals surface area contributed by atoms with E-state index in [4.69, 9.17) is 0 Å². The highest BCUT2D eigenvalue weighted by atomic mass is 32.2. The average molecular weight is 432 g/mol. The van der Waals surface area contributed by atoms with E-state index in [0.29, 0.717) is 26.2 Å². The van der Waals surface area contributed by atoms with Gasteiger partial charge in [0.2, 0.25) is 10.0 Å². The second-order valence-corrected chi connectivity index (χ2v) is 9.72. The van der Waals surface area contributed by atoms with Crippen LogP contribution in [0.3, 0.4) is 0 Å². The van der Waals surface area contributed by atoms with Crippen molar-refractivity contribution < 1.29 is 17.6 Å². The molecule has 160 valence electrons. The molecule has 0 spiro atoms. The highest BCUT2D eigenvalue weighted by Gasteiger charge is 2.31. The van der Waals surface area contributed by atoms with Crippen LogP contribution in [-0.2, 0) is 16.6 Å². The van der Waals surface area contributed by atoms with Crippen LogP contribution in [0.2, 0.25) is 0 Å². The first-order valence-corrected chi connectivity index (χ1v) is 11.7. The van der Waals surface area contributed by atoms with Crippen molar-refractivity contribution >= 4 is 15.9 Å². The van der Waals surface area contributed by atoms with Crippen molar-refractivity contribution in [1.29, 1.82) is 0 Å². The first kappa shape index (κ1) is 21.0. The van der Waals surface area contributed by atoms with Gasteiger partial charge in [-0.1, -0.05) is 30.3 Å². The van der Waals surface area contributed by atoms with Crippen molar-refractivity contribution in [3.63, 3.8) is 0 Å². The Labute approximate surface area is 176 Å². The minimum Gasteiger partial charge on any atom is -0.336 e. The largest absolute Gasteiger partial charge is 0.336 e. The Bertz CT molecular complexity index is 1000. The van der Waals surface area contributed by atoms with E-state index in [1.165, 1.54) is 22.0 Å². The molecular formula is C22H26FN3O3S. The van der Waals surface area contributed by atoms with Crippen molar-refractivity contribution in [3.05, 3.63) is 65.5 Å². The summed E-state index contributed by atoms with van der Waals surface area (Å²) in [6.45, 7) is 4.19. The van der Waals surface area contributed by atoms with Gasteiger partial charge in [-0.15, -0.1) is 0 Å². The fourth-order valence-electron chi connectivity index (χ4n) is 4.03. The number of amides is 1. The molecule has 2 aliphatic rings. The summed E-state index contributed by atoms with van der Waals surface area (Å²) in [6, 6.07) is 13.8. The minimum atomic E-state index is -3.92. The molecular weight excluding hydrogens is 405 g/mol. The first-order chi connectivity index (χ1) is 14.4. The molecule has 30 heavy (non-hydrogen) atoms. The number of piperazine rings is 1. The highest BCUT2D eigenvalue weighted by Crippen LogP contribution is 2.25. The number of rotatable bonds is 5. The quantitative estimate of drug-likeness (QED) is 0.730. The Hall–Kier alpha value is -2.29. The van der Waals surface area contributed by atoms with Gasteiger partial charge in [0.15, 0.2) is 0 Å². The molecule has 2 aliphatic heterocycles. The smallest absolute Gasteiger partial charge is 0.253 e. The van der Waals surface area contributed by atoms with Crippen LogP contribution >= 0.6 is 0 Å². The lowest BCUT2D eigenvalue weighted by molar-refractivity contribution is 0.0628. The number of hydrogen-bond acceptors (Lipinski definition) is 4. The molecule has 0 radical (unpaired) electrons. The predicted octanol–water partition coefficient (Wildman–Crippen LogP) is 2.57. The summed E-state index contributed by atoms with van der Waals surface area (Å²) in [5, 5.41) is 0. The van der Waals surface area contributed by atoms with Gasteiger partial charge in [0, 0.05) is 51.4 Å². The van der Waals surface area contributed by atoms with E-state index >= 15 is 0 Å². The number of halogens is 1. The van der Waals surface area contributed by atoms with Crippen LogP contribution in [0.25, 0.3) is 0 Å². The van der Waals surface area contributed by atoms with Gasteiger partial charge in [-0.25, -0.2) is 12.8 Å². The summed E-state index contributed by atoms with van der Waals surface area (Å²) >= 11 is 0. The molecule has 0 aliphatic carbocycles. The zero-order valence-electron chi connectivity index (χ0n) is 16.8. The zero-order chi connectivity index (χ0) is 21.1. The third-order valence-corrected chi connectivity index (χ3v) is 7.68. The maximum Gasteiger partial charge on any atom is 0.253 e. The lowest BCUT2D eigenvalue weighted by Crippen LogP contribution is -2.48. The maximum atomic E-state index is 14.3. The molecule has 0 N–H and O–H groups in total. The van der Waals surface area contributed by atoms with Crippen LogP contribution in [0.15, 0.2) is 53.4 Å². The maximum absolute atomic E-state index is 14.3. The van der Waals surface area contributed by atoms with Crippen molar-refractivity contribution in [2.24, 2.45) is 0 Å². The van der Waals surface area contributed by atoms with Gasteiger partial charge < -0.3 is 4.90 Å². The molecule has 1 amide bonds.